The van der Waals surface area contributed by atoms with Crippen molar-refractivity contribution < 1.29 is 48.5 Å². The molecule has 0 spiro atoms. The number of ether oxygens (including phenoxy) is 1. The zero-order chi connectivity index (χ0) is 51.5. The smallest absolute Gasteiger partial charge is 0.246 e. The fraction of sp³-hybridized carbons (Fsp3) is 0.549. The summed E-state index contributed by atoms with van der Waals surface area (Å²) in [5.41, 5.74) is 2.19. The molecule has 18 heteroatoms. The molecule has 378 valence electrons. The van der Waals surface area contributed by atoms with Gasteiger partial charge in [0, 0.05) is 44.8 Å². The summed E-state index contributed by atoms with van der Waals surface area (Å²) in [5, 5.41) is 38.9. The van der Waals surface area contributed by atoms with Gasteiger partial charge < -0.3 is 56.7 Å². The molecule has 7 amide bonds. The van der Waals surface area contributed by atoms with Gasteiger partial charge in [0.2, 0.25) is 41.4 Å². The molecule has 2 unspecified atom stereocenters. The average Bonchev–Trinajstić information content (AvgIpc) is 3.71. The molecule has 1 saturated heterocycles. The summed E-state index contributed by atoms with van der Waals surface area (Å²) in [6.45, 7) is 18.9. The van der Waals surface area contributed by atoms with Crippen LogP contribution in [0.1, 0.15) is 91.9 Å². The van der Waals surface area contributed by atoms with E-state index in [0.717, 1.165) is 16.2 Å². The third-order valence-electron chi connectivity index (χ3n) is 12.8. The van der Waals surface area contributed by atoms with Gasteiger partial charge in [0.1, 0.15) is 42.4 Å². The third-order valence-corrected chi connectivity index (χ3v) is 12.8. The molecule has 8 N–H and O–H groups in total. The van der Waals surface area contributed by atoms with Gasteiger partial charge in [0.15, 0.2) is 0 Å². The molecule has 0 radical (unpaired) electrons. The minimum absolute atomic E-state index is 0.133. The van der Waals surface area contributed by atoms with E-state index in [1.165, 1.54) is 21.1 Å². The second-order valence-electron chi connectivity index (χ2n) is 19.6. The van der Waals surface area contributed by atoms with Gasteiger partial charge in [0.05, 0.1) is 18.2 Å². The van der Waals surface area contributed by atoms with Crippen LogP contribution in [0, 0.1) is 17.8 Å². The first kappa shape index (κ1) is 55.5. The van der Waals surface area contributed by atoms with Gasteiger partial charge in [-0.2, -0.15) is 0 Å². The number of aliphatic hydroxyl groups excluding tert-OH is 2. The molecule has 2 aliphatic heterocycles. The number of likely N-dealkylation sites (N-methyl/N-ethyl adjacent to an activating group) is 1. The molecule has 0 aromatic heterocycles. The SMILES string of the molecule is C=CC(C)(C)N1CC([C@@H](O)C2NC(=O)[C@H]([C@H](C)C=C(C)C)NC(=O)CN(C)C(=O)[C@H](C(C)C)NC(=O)[C@H]([C@H](OC)c3ccccc3)NC(=O)[C@H](C)NC(=O)[C@H](C[C@@H](C)CO)NC2=O)c2ccccc21. The Labute approximate surface area is 406 Å². The Hall–Kier alpha value is -6.11. The Balaban J connectivity index is 1.88. The minimum atomic E-state index is -1.74. The van der Waals surface area contributed by atoms with Gasteiger partial charge in [-0.05, 0) is 70.1 Å². The first-order chi connectivity index (χ1) is 32.4. The maximum Gasteiger partial charge on any atom is 0.246 e. The number of nitrogens with one attached hydrogen (secondary N) is 6. The van der Waals surface area contributed by atoms with E-state index in [4.69, 9.17) is 4.74 Å². The van der Waals surface area contributed by atoms with Crippen molar-refractivity contribution in [3.63, 3.8) is 0 Å². The first-order valence-corrected chi connectivity index (χ1v) is 23.5. The number of carbonyl (C=O) groups excluding carboxylic acids is 7. The molecule has 4 rings (SSSR count). The summed E-state index contributed by atoms with van der Waals surface area (Å²) in [7, 11) is 2.73. The van der Waals surface area contributed by atoms with Gasteiger partial charge in [-0.25, -0.2) is 0 Å². The number of carbonyl (C=O) groups is 7. The van der Waals surface area contributed by atoms with Crippen LogP contribution >= 0.6 is 0 Å². The van der Waals surface area contributed by atoms with Crippen molar-refractivity contribution in [1.29, 1.82) is 0 Å². The lowest BCUT2D eigenvalue weighted by molar-refractivity contribution is -0.141. The van der Waals surface area contributed by atoms with Gasteiger partial charge in [0.25, 0.3) is 0 Å². The number of hydrogen-bond acceptors (Lipinski definition) is 11. The highest BCUT2D eigenvalue weighted by Gasteiger charge is 2.45. The van der Waals surface area contributed by atoms with Crippen molar-refractivity contribution >= 4 is 47.0 Å². The molecule has 69 heavy (non-hydrogen) atoms. The van der Waals surface area contributed by atoms with Crippen LogP contribution in [-0.2, 0) is 38.3 Å². The predicted octanol–water partition coefficient (Wildman–Crippen LogP) is 1.98. The number of amides is 7. The zero-order valence-corrected chi connectivity index (χ0v) is 41.9. The first-order valence-electron chi connectivity index (χ1n) is 23.5. The van der Waals surface area contributed by atoms with Crippen LogP contribution in [-0.4, -0.2) is 138 Å². The number of methoxy groups -OCH3 is 1. The highest BCUT2D eigenvalue weighted by molar-refractivity contribution is 5.98. The van der Waals surface area contributed by atoms with E-state index in [1.807, 2.05) is 50.8 Å². The molecule has 2 aliphatic rings. The fourth-order valence-electron chi connectivity index (χ4n) is 8.75. The summed E-state index contributed by atoms with van der Waals surface area (Å²) in [6.07, 6.45) is 0.676. The predicted molar refractivity (Wildman–Crippen MR) is 262 cm³/mol. The van der Waals surface area contributed by atoms with Gasteiger partial charge >= 0.3 is 0 Å². The fourth-order valence-corrected chi connectivity index (χ4v) is 8.75. The molecule has 1 fully saturated rings. The van der Waals surface area contributed by atoms with Crippen molar-refractivity contribution in [1.82, 2.24) is 36.8 Å². The van der Waals surface area contributed by atoms with Crippen LogP contribution in [0.15, 0.2) is 78.9 Å². The van der Waals surface area contributed by atoms with Crippen LogP contribution in [0.4, 0.5) is 5.69 Å². The van der Waals surface area contributed by atoms with E-state index >= 15 is 0 Å². The highest BCUT2D eigenvalue weighted by Crippen LogP contribution is 2.42. The van der Waals surface area contributed by atoms with Crippen LogP contribution in [0.2, 0.25) is 0 Å². The van der Waals surface area contributed by atoms with E-state index < -0.39 is 126 Å². The van der Waals surface area contributed by atoms with Crippen LogP contribution in [0.5, 0.6) is 0 Å². The number of anilines is 1. The van der Waals surface area contributed by atoms with Crippen LogP contribution in [0.25, 0.3) is 0 Å². The summed E-state index contributed by atoms with van der Waals surface area (Å²) in [6, 6.07) is 7.45. The maximum atomic E-state index is 14.9. The molecule has 2 aromatic rings. The molecule has 2 aromatic carbocycles. The topological polar surface area (TPSA) is 248 Å². The van der Waals surface area contributed by atoms with Gasteiger partial charge in [-0.1, -0.05) is 94.0 Å². The minimum Gasteiger partial charge on any atom is -0.396 e. The average molecular weight is 959 g/mol. The number of aliphatic hydroxyl groups is 2. The Morgan fingerprint density at radius 1 is 0.797 bits per heavy atom. The molecule has 0 bridgehead atoms. The number of nitrogens with zero attached hydrogens (tertiary/aromatic N) is 2. The van der Waals surface area contributed by atoms with Crippen molar-refractivity contribution in [2.75, 3.05) is 38.8 Å². The number of hydrogen-bond donors (Lipinski definition) is 8. The lowest BCUT2D eigenvalue weighted by atomic mass is 9.89. The highest BCUT2D eigenvalue weighted by atomic mass is 16.5. The largest absolute Gasteiger partial charge is 0.396 e. The van der Waals surface area contributed by atoms with E-state index in [9.17, 15) is 43.8 Å². The summed E-state index contributed by atoms with van der Waals surface area (Å²) >= 11 is 0. The number of allylic oxidation sites excluding steroid dienone is 1. The third kappa shape index (κ3) is 14.0. The Kier molecular flexibility index (Phi) is 19.7. The van der Waals surface area contributed by atoms with Crippen LogP contribution in [0.3, 0.4) is 0 Å². The molecule has 2 heterocycles. The second-order valence-corrected chi connectivity index (χ2v) is 19.6. The number of rotatable bonds is 13. The van der Waals surface area contributed by atoms with Gasteiger partial charge in [-0.15, -0.1) is 6.58 Å². The molecule has 0 aliphatic carbocycles. The zero-order valence-electron chi connectivity index (χ0n) is 41.9. The summed E-state index contributed by atoms with van der Waals surface area (Å²) < 4.78 is 5.80. The summed E-state index contributed by atoms with van der Waals surface area (Å²) in [4.78, 5) is 104. The van der Waals surface area contributed by atoms with Crippen molar-refractivity contribution in [3.05, 3.63) is 90.0 Å². The van der Waals surface area contributed by atoms with E-state index in [-0.39, 0.29) is 19.6 Å². The maximum absolute atomic E-state index is 14.9. The molecule has 11 atom stereocenters. The second kappa shape index (κ2) is 24.4. The quantitative estimate of drug-likeness (QED) is 0.135. The Morgan fingerprint density at radius 2 is 1.38 bits per heavy atom. The van der Waals surface area contributed by atoms with E-state index in [2.05, 4.69) is 38.5 Å². The van der Waals surface area contributed by atoms with Gasteiger partial charge in [-0.3, -0.25) is 33.6 Å². The van der Waals surface area contributed by atoms with Crippen molar-refractivity contribution in [2.45, 2.75) is 129 Å². The van der Waals surface area contributed by atoms with Crippen molar-refractivity contribution in [3.8, 4) is 0 Å². The lowest BCUT2D eigenvalue weighted by Crippen LogP contribution is -2.63. The molecular formula is C51H74N8O10. The van der Waals surface area contributed by atoms with E-state index in [1.54, 1.807) is 76.2 Å². The normalized spacial score (nSPS) is 25.6. The van der Waals surface area contributed by atoms with E-state index in [0.29, 0.717) is 11.1 Å². The standard InChI is InChI=1S/C51H74N8O10/c1-13-51(9,10)59-25-35(34-21-17-18-22-37(34)59)43(62)41-48(66)53-36(24-30(6)27-60)46(64)52-32(8)45(63)57-42(44(69-12)33-19-15-14-16-20-33)49(67)55-39(29(4)5)50(68)58(11)26-38(61)54-40(47(65)56-41)31(7)23-28(2)3/h13-23,29-32,35-36,39-44,60,62H,1,24-27H2,2-12H3,(H,52,64)(H,53,66)(H,54,61)(H,55,67)(H,56,65)(H,57,63)/t30-,31-,32+,35?,36+,39+,40+,41?,42+,43-,44-/m1/s1. The number of para-hydroxylation sites is 1. The molecule has 18 nitrogen and oxygen atoms in total. The lowest BCUT2D eigenvalue weighted by Gasteiger charge is -2.36. The summed E-state index contributed by atoms with van der Waals surface area (Å²) in [5.74, 6) is -8.21. The Morgan fingerprint density at radius 3 is 1.97 bits per heavy atom. The monoisotopic (exact) mass is 959 g/mol. The molecular weight excluding hydrogens is 885 g/mol. The Bertz CT molecular complexity index is 2200. The number of fused-ring (bicyclic) bond motifs is 1. The van der Waals surface area contributed by atoms with Crippen LogP contribution < -0.4 is 36.8 Å². The number of benzene rings is 2. The molecule has 0 saturated carbocycles. The van der Waals surface area contributed by atoms with Crippen molar-refractivity contribution in [2.24, 2.45) is 17.8 Å².